The van der Waals surface area contributed by atoms with Gasteiger partial charge in [0, 0.05) is 18.3 Å². The number of hydrogen-bond donors (Lipinski definition) is 1. The normalized spacial score (nSPS) is 10.3. The first-order valence-corrected chi connectivity index (χ1v) is 5.56. The van der Waals surface area contributed by atoms with Crippen molar-refractivity contribution in [2.24, 2.45) is 0 Å². The summed E-state index contributed by atoms with van der Waals surface area (Å²) in [6.45, 7) is 1.86. The molecule has 1 aromatic heterocycles. The van der Waals surface area contributed by atoms with Crippen LogP contribution in [0.2, 0.25) is 0 Å². The second-order valence-electron chi connectivity index (χ2n) is 4.09. The van der Waals surface area contributed by atoms with Crippen LogP contribution >= 0.6 is 0 Å². The third-order valence-electron chi connectivity index (χ3n) is 2.72. The summed E-state index contributed by atoms with van der Waals surface area (Å²) in [6, 6.07) is 10.9. The predicted molar refractivity (Wildman–Crippen MR) is 66.9 cm³/mol. The standard InChI is InChI=1S/C14H13NO3/c1-10(16)12-7-13(14(17)18)15(9-12)8-11-5-3-2-4-6-11/h2-7,9H,8H2,1H3,(H,17,18). The van der Waals surface area contributed by atoms with Crippen molar-refractivity contribution >= 4 is 11.8 Å². The molecule has 0 spiro atoms. The average Bonchev–Trinajstić information content (AvgIpc) is 2.74. The van der Waals surface area contributed by atoms with Gasteiger partial charge >= 0.3 is 5.97 Å². The smallest absolute Gasteiger partial charge is 0.352 e. The van der Waals surface area contributed by atoms with E-state index in [1.165, 1.54) is 13.0 Å². The van der Waals surface area contributed by atoms with Gasteiger partial charge in [0.05, 0.1) is 0 Å². The fraction of sp³-hybridized carbons (Fsp3) is 0.143. The number of nitrogens with zero attached hydrogens (tertiary/aromatic N) is 1. The molecule has 92 valence electrons. The molecular formula is C14H13NO3. The van der Waals surface area contributed by atoms with Gasteiger partial charge in [-0.1, -0.05) is 30.3 Å². The van der Waals surface area contributed by atoms with Crippen molar-refractivity contribution in [1.29, 1.82) is 0 Å². The van der Waals surface area contributed by atoms with E-state index in [9.17, 15) is 9.59 Å². The lowest BCUT2D eigenvalue weighted by Gasteiger charge is -2.05. The first-order chi connectivity index (χ1) is 8.58. The van der Waals surface area contributed by atoms with E-state index in [2.05, 4.69) is 0 Å². The topological polar surface area (TPSA) is 59.3 Å². The highest BCUT2D eigenvalue weighted by atomic mass is 16.4. The van der Waals surface area contributed by atoms with Crippen molar-refractivity contribution in [3.63, 3.8) is 0 Å². The number of carboxylic acid groups (broad SMARTS) is 1. The monoisotopic (exact) mass is 243 g/mol. The number of aromatic carboxylic acids is 1. The molecule has 0 saturated carbocycles. The number of carbonyl (C=O) groups is 2. The zero-order valence-electron chi connectivity index (χ0n) is 9.96. The zero-order chi connectivity index (χ0) is 13.1. The van der Waals surface area contributed by atoms with Crippen LogP contribution in [0.25, 0.3) is 0 Å². The Bertz CT molecular complexity index is 584. The van der Waals surface area contributed by atoms with E-state index in [0.29, 0.717) is 12.1 Å². The number of aromatic nitrogens is 1. The van der Waals surface area contributed by atoms with Crippen LogP contribution in [0, 0.1) is 0 Å². The minimum atomic E-state index is -1.03. The molecule has 0 aliphatic heterocycles. The van der Waals surface area contributed by atoms with Gasteiger partial charge in [-0.3, -0.25) is 4.79 Å². The van der Waals surface area contributed by atoms with Gasteiger partial charge in [-0.15, -0.1) is 0 Å². The van der Waals surface area contributed by atoms with Crippen LogP contribution in [0.3, 0.4) is 0 Å². The van der Waals surface area contributed by atoms with Crippen LogP contribution in [-0.4, -0.2) is 21.4 Å². The van der Waals surface area contributed by atoms with Crippen LogP contribution in [-0.2, 0) is 6.54 Å². The predicted octanol–water partition coefficient (Wildman–Crippen LogP) is 2.44. The minimum Gasteiger partial charge on any atom is -0.477 e. The van der Waals surface area contributed by atoms with E-state index in [0.717, 1.165) is 5.56 Å². The van der Waals surface area contributed by atoms with Crippen molar-refractivity contribution in [2.45, 2.75) is 13.5 Å². The quantitative estimate of drug-likeness (QED) is 0.839. The molecule has 0 amide bonds. The van der Waals surface area contributed by atoms with Gasteiger partial charge in [-0.25, -0.2) is 4.79 Å². The Labute approximate surface area is 104 Å². The molecule has 1 aromatic carbocycles. The fourth-order valence-corrected chi connectivity index (χ4v) is 1.79. The lowest BCUT2D eigenvalue weighted by atomic mass is 10.2. The summed E-state index contributed by atoms with van der Waals surface area (Å²) >= 11 is 0. The van der Waals surface area contributed by atoms with E-state index in [-0.39, 0.29) is 11.5 Å². The summed E-state index contributed by atoms with van der Waals surface area (Å²) in [5.41, 5.74) is 1.54. The van der Waals surface area contributed by atoms with E-state index < -0.39 is 5.97 Å². The van der Waals surface area contributed by atoms with Gasteiger partial charge in [0.2, 0.25) is 0 Å². The largest absolute Gasteiger partial charge is 0.477 e. The van der Waals surface area contributed by atoms with Crippen molar-refractivity contribution in [1.82, 2.24) is 4.57 Å². The Morgan fingerprint density at radius 2 is 1.89 bits per heavy atom. The van der Waals surface area contributed by atoms with Crippen molar-refractivity contribution in [3.8, 4) is 0 Å². The SMILES string of the molecule is CC(=O)c1cc(C(=O)O)n(Cc2ccccc2)c1. The van der Waals surface area contributed by atoms with Gasteiger partial charge in [0.1, 0.15) is 5.69 Å². The molecule has 2 aromatic rings. The first kappa shape index (κ1) is 12.1. The maximum atomic E-state index is 11.3. The number of ketones is 1. The number of hydrogen-bond acceptors (Lipinski definition) is 2. The summed E-state index contributed by atoms with van der Waals surface area (Å²) in [6.07, 6.45) is 1.58. The Kier molecular flexibility index (Phi) is 3.28. The maximum absolute atomic E-state index is 11.3. The van der Waals surface area contributed by atoms with Crippen LogP contribution < -0.4 is 0 Å². The van der Waals surface area contributed by atoms with Gasteiger partial charge in [0.15, 0.2) is 5.78 Å². The number of benzene rings is 1. The highest BCUT2D eigenvalue weighted by Crippen LogP contribution is 2.12. The number of Topliss-reactive ketones (excluding diaryl/α,β-unsaturated/α-hetero) is 1. The van der Waals surface area contributed by atoms with Crippen molar-refractivity contribution in [2.75, 3.05) is 0 Å². The van der Waals surface area contributed by atoms with Crippen molar-refractivity contribution < 1.29 is 14.7 Å². The lowest BCUT2D eigenvalue weighted by Crippen LogP contribution is -2.08. The van der Waals surface area contributed by atoms with E-state index in [1.54, 1.807) is 10.8 Å². The fourth-order valence-electron chi connectivity index (χ4n) is 1.79. The number of rotatable bonds is 4. The van der Waals surface area contributed by atoms with Gasteiger partial charge in [-0.05, 0) is 18.6 Å². The van der Waals surface area contributed by atoms with Crippen molar-refractivity contribution in [3.05, 3.63) is 59.4 Å². The average molecular weight is 243 g/mol. The molecule has 0 saturated heterocycles. The molecule has 0 aliphatic carbocycles. The Morgan fingerprint density at radius 1 is 1.22 bits per heavy atom. The first-order valence-electron chi connectivity index (χ1n) is 5.56. The Hall–Kier alpha value is -2.36. The molecule has 4 nitrogen and oxygen atoms in total. The third kappa shape index (κ3) is 2.48. The van der Waals surface area contributed by atoms with Crippen LogP contribution in [0.5, 0.6) is 0 Å². The van der Waals surface area contributed by atoms with Crippen LogP contribution in [0.15, 0.2) is 42.6 Å². The summed E-state index contributed by atoms with van der Waals surface area (Å²) in [4.78, 5) is 22.4. The maximum Gasteiger partial charge on any atom is 0.352 e. The van der Waals surface area contributed by atoms with Crippen LogP contribution in [0.1, 0.15) is 33.3 Å². The second-order valence-corrected chi connectivity index (χ2v) is 4.09. The van der Waals surface area contributed by atoms with Gasteiger partial charge in [0.25, 0.3) is 0 Å². The highest BCUT2D eigenvalue weighted by Gasteiger charge is 2.14. The number of carboxylic acids is 1. The van der Waals surface area contributed by atoms with Gasteiger partial charge in [-0.2, -0.15) is 0 Å². The molecule has 4 heteroatoms. The van der Waals surface area contributed by atoms with E-state index >= 15 is 0 Å². The second kappa shape index (κ2) is 4.87. The van der Waals surface area contributed by atoms with E-state index in [4.69, 9.17) is 5.11 Å². The minimum absolute atomic E-state index is 0.129. The summed E-state index contributed by atoms with van der Waals surface area (Å²) in [5.74, 6) is -1.16. The molecule has 0 fully saturated rings. The summed E-state index contributed by atoms with van der Waals surface area (Å²) in [7, 11) is 0. The van der Waals surface area contributed by atoms with E-state index in [1.807, 2.05) is 30.3 Å². The summed E-state index contributed by atoms with van der Waals surface area (Å²) in [5, 5.41) is 9.11. The Balaban J connectivity index is 2.37. The van der Waals surface area contributed by atoms with Crippen LogP contribution in [0.4, 0.5) is 0 Å². The highest BCUT2D eigenvalue weighted by molar-refractivity contribution is 5.97. The molecule has 2 rings (SSSR count). The summed E-state index contributed by atoms with van der Waals surface area (Å²) < 4.78 is 1.58. The molecule has 0 aliphatic rings. The molecule has 0 radical (unpaired) electrons. The molecule has 0 atom stereocenters. The Morgan fingerprint density at radius 3 is 2.44 bits per heavy atom. The third-order valence-corrected chi connectivity index (χ3v) is 2.72. The van der Waals surface area contributed by atoms with Gasteiger partial charge < -0.3 is 9.67 Å². The number of carbonyl (C=O) groups excluding carboxylic acids is 1. The zero-order valence-corrected chi connectivity index (χ0v) is 9.96. The molecular weight excluding hydrogens is 230 g/mol. The molecule has 0 bridgehead atoms. The molecule has 18 heavy (non-hydrogen) atoms. The molecule has 0 unspecified atom stereocenters. The lowest BCUT2D eigenvalue weighted by molar-refractivity contribution is 0.0685. The molecule has 1 N–H and O–H groups in total. The molecule has 1 heterocycles.